The van der Waals surface area contributed by atoms with Crippen molar-refractivity contribution in [3.8, 4) is 5.75 Å². The molecule has 1 saturated heterocycles. The van der Waals surface area contributed by atoms with Crippen molar-refractivity contribution in [1.29, 1.82) is 0 Å². The Bertz CT molecular complexity index is 1020. The van der Waals surface area contributed by atoms with Crippen LogP contribution in [0, 0.1) is 0 Å². The van der Waals surface area contributed by atoms with Gasteiger partial charge in [0.1, 0.15) is 11.5 Å². The first-order valence-corrected chi connectivity index (χ1v) is 10.7. The summed E-state index contributed by atoms with van der Waals surface area (Å²) in [7, 11) is 0. The van der Waals surface area contributed by atoms with E-state index in [0.29, 0.717) is 47.9 Å². The van der Waals surface area contributed by atoms with Gasteiger partial charge in [0.2, 0.25) is 0 Å². The number of aliphatic hydroxyl groups excluding tert-OH is 2. The zero-order valence-corrected chi connectivity index (χ0v) is 18.5. The Hall–Kier alpha value is -2.54. The topological polar surface area (TPSA) is 87.1 Å². The highest BCUT2D eigenvalue weighted by molar-refractivity contribution is 6.46. The molecule has 1 fully saturated rings. The molecule has 3 rings (SSSR count). The SMILES string of the molecule is CCCN1C(=O)C(=O)/C(=C(\O)c2ccc(Cl)c(Cl)c2)C1c1cccc(OCCCO)c1. The van der Waals surface area contributed by atoms with Crippen molar-refractivity contribution in [2.24, 2.45) is 0 Å². The molecule has 1 atom stereocenters. The highest BCUT2D eigenvalue weighted by Gasteiger charge is 2.45. The number of carbonyl (C=O) groups is 2. The van der Waals surface area contributed by atoms with Crippen molar-refractivity contribution in [2.75, 3.05) is 19.8 Å². The van der Waals surface area contributed by atoms with Crippen LogP contribution in [0.3, 0.4) is 0 Å². The predicted octanol–water partition coefficient (Wildman–Crippen LogP) is 4.59. The molecule has 8 heteroatoms. The van der Waals surface area contributed by atoms with E-state index in [2.05, 4.69) is 0 Å². The van der Waals surface area contributed by atoms with Crippen LogP contribution in [0.5, 0.6) is 5.75 Å². The first-order valence-electron chi connectivity index (χ1n) is 9.96. The first-order chi connectivity index (χ1) is 14.9. The summed E-state index contributed by atoms with van der Waals surface area (Å²) in [4.78, 5) is 27.1. The standard InChI is InChI=1S/C23H23Cl2NO5/c1-2-9-26-20(14-5-3-6-16(12-14)31-11-4-10-27)19(22(29)23(26)30)21(28)15-7-8-17(24)18(25)13-15/h3,5-8,12-13,20,27-28H,2,4,9-11H2,1H3/b21-19-. The van der Waals surface area contributed by atoms with Crippen molar-refractivity contribution in [3.63, 3.8) is 0 Å². The van der Waals surface area contributed by atoms with E-state index in [4.69, 9.17) is 33.0 Å². The molecule has 6 nitrogen and oxygen atoms in total. The third-order valence-electron chi connectivity index (χ3n) is 4.94. The van der Waals surface area contributed by atoms with Crippen molar-refractivity contribution in [3.05, 3.63) is 69.2 Å². The Morgan fingerprint density at radius 1 is 1.13 bits per heavy atom. The number of benzene rings is 2. The molecule has 0 aliphatic carbocycles. The quantitative estimate of drug-likeness (QED) is 0.258. The maximum atomic E-state index is 12.9. The van der Waals surface area contributed by atoms with Crippen molar-refractivity contribution >= 4 is 40.7 Å². The van der Waals surface area contributed by atoms with Crippen LogP contribution >= 0.6 is 23.2 Å². The third kappa shape index (κ3) is 4.87. The van der Waals surface area contributed by atoms with Crippen LogP contribution < -0.4 is 4.74 Å². The van der Waals surface area contributed by atoms with Crippen molar-refractivity contribution in [2.45, 2.75) is 25.8 Å². The van der Waals surface area contributed by atoms with E-state index < -0.39 is 17.7 Å². The number of carbonyl (C=O) groups excluding carboxylic acids is 2. The Labute approximate surface area is 190 Å². The highest BCUT2D eigenvalue weighted by Crippen LogP contribution is 2.40. The molecule has 1 aliphatic heterocycles. The van der Waals surface area contributed by atoms with Gasteiger partial charge >= 0.3 is 0 Å². The van der Waals surface area contributed by atoms with Gasteiger partial charge in [-0.05, 0) is 42.3 Å². The molecule has 1 aliphatic rings. The van der Waals surface area contributed by atoms with E-state index in [-0.39, 0.29) is 23.0 Å². The van der Waals surface area contributed by atoms with Crippen LogP contribution in [0.15, 0.2) is 48.0 Å². The van der Waals surface area contributed by atoms with E-state index in [1.807, 2.05) is 6.92 Å². The number of nitrogens with zero attached hydrogens (tertiary/aromatic N) is 1. The number of Topliss-reactive ketones (excluding diaryl/α,β-unsaturated/α-hetero) is 1. The van der Waals surface area contributed by atoms with Gasteiger partial charge in [-0.1, -0.05) is 42.3 Å². The van der Waals surface area contributed by atoms with Gasteiger partial charge in [0, 0.05) is 25.1 Å². The maximum absolute atomic E-state index is 12.9. The third-order valence-corrected chi connectivity index (χ3v) is 5.68. The fourth-order valence-corrected chi connectivity index (χ4v) is 3.82. The van der Waals surface area contributed by atoms with Crippen LogP contribution in [-0.4, -0.2) is 46.6 Å². The van der Waals surface area contributed by atoms with Gasteiger partial charge in [-0.3, -0.25) is 9.59 Å². The summed E-state index contributed by atoms with van der Waals surface area (Å²) in [6.07, 6.45) is 1.12. The summed E-state index contributed by atoms with van der Waals surface area (Å²) >= 11 is 12.0. The van der Waals surface area contributed by atoms with Gasteiger partial charge in [-0.15, -0.1) is 0 Å². The number of ketones is 1. The largest absolute Gasteiger partial charge is 0.507 e. The second kappa shape index (κ2) is 10.2. The summed E-state index contributed by atoms with van der Waals surface area (Å²) in [6, 6.07) is 10.8. The zero-order chi connectivity index (χ0) is 22.5. The Morgan fingerprint density at radius 2 is 1.90 bits per heavy atom. The lowest BCUT2D eigenvalue weighted by Gasteiger charge is -2.25. The number of hydrogen-bond donors (Lipinski definition) is 2. The molecule has 31 heavy (non-hydrogen) atoms. The Kier molecular flexibility index (Phi) is 7.59. The molecule has 1 unspecified atom stereocenters. The predicted molar refractivity (Wildman–Crippen MR) is 119 cm³/mol. The second-order valence-corrected chi connectivity index (χ2v) is 7.93. The molecule has 0 aromatic heterocycles. The fourth-order valence-electron chi connectivity index (χ4n) is 3.53. The monoisotopic (exact) mass is 463 g/mol. The lowest BCUT2D eigenvalue weighted by molar-refractivity contribution is -0.139. The summed E-state index contributed by atoms with van der Waals surface area (Å²) in [5.74, 6) is -1.19. The molecule has 0 spiro atoms. The van der Waals surface area contributed by atoms with E-state index in [9.17, 15) is 14.7 Å². The highest BCUT2D eigenvalue weighted by atomic mass is 35.5. The number of rotatable bonds is 8. The molecule has 2 aromatic rings. The van der Waals surface area contributed by atoms with Crippen LogP contribution in [0.25, 0.3) is 5.76 Å². The smallest absolute Gasteiger partial charge is 0.295 e. The van der Waals surface area contributed by atoms with Crippen LogP contribution in [0.1, 0.15) is 36.9 Å². The summed E-state index contributed by atoms with van der Waals surface area (Å²) in [6.45, 7) is 2.60. The molecular formula is C23H23Cl2NO5. The number of halogens is 2. The fraction of sp³-hybridized carbons (Fsp3) is 0.304. The lowest BCUT2D eigenvalue weighted by Crippen LogP contribution is -2.30. The minimum Gasteiger partial charge on any atom is -0.507 e. The van der Waals surface area contributed by atoms with E-state index >= 15 is 0 Å². The summed E-state index contributed by atoms with van der Waals surface area (Å²) < 4.78 is 5.65. The molecule has 0 bridgehead atoms. The summed E-state index contributed by atoms with van der Waals surface area (Å²) in [5.41, 5.74) is 0.921. The van der Waals surface area contributed by atoms with E-state index in [0.717, 1.165) is 0 Å². The number of amides is 1. The minimum atomic E-state index is -0.768. The number of likely N-dealkylation sites (tertiary alicyclic amines) is 1. The second-order valence-electron chi connectivity index (χ2n) is 7.12. The molecule has 1 amide bonds. The lowest BCUT2D eigenvalue weighted by atomic mass is 9.95. The van der Waals surface area contributed by atoms with Gasteiger partial charge in [0.15, 0.2) is 0 Å². The van der Waals surface area contributed by atoms with Crippen molar-refractivity contribution < 1.29 is 24.5 Å². The molecule has 2 N–H and O–H groups in total. The average Bonchev–Trinajstić information content (AvgIpc) is 3.01. The molecule has 0 radical (unpaired) electrons. The molecule has 164 valence electrons. The molecule has 0 saturated carbocycles. The Morgan fingerprint density at radius 3 is 2.58 bits per heavy atom. The van der Waals surface area contributed by atoms with Crippen LogP contribution in [0.2, 0.25) is 10.0 Å². The molecule has 1 heterocycles. The first kappa shape index (κ1) is 23.1. The molecular weight excluding hydrogens is 441 g/mol. The Balaban J connectivity index is 2.10. The average molecular weight is 464 g/mol. The van der Waals surface area contributed by atoms with E-state index in [1.165, 1.54) is 17.0 Å². The maximum Gasteiger partial charge on any atom is 0.295 e. The normalized spacial score (nSPS) is 17.9. The van der Waals surface area contributed by atoms with Gasteiger partial charge < -0.3 is 19.8 Å². The number of aliphatic hydroxyl groups is 2. The van der Waals surface area contributed by atoms with Gasteiger partial charge in [-0.25, -0.2) is 0 Å². The van der Waals surface area contributed by atoms with Crippen LogP contribution in [-0.2, 0) is 9.59 Å². The zero-order valence-electron chi connectivity index (χ0n) is 17.0. The van der Waals surface area contributed by atoms with Crippen molar-refractivity contribution in [1.82, 2.24) is 4.90 Å². The van der Waals surface area contributed by atoms with Crippen LogP contribution in [0.4, 0.5) is 0 Å². The summed E-state index contributed by atoms with van der Waals surface area (Å²) in [5, 5.41) is 20.5. The van der Waals surface area contributed by atoms with Gasteiger partial charge in [0.05, 0.1) is 28.3 Å². The number of hydrogen-bond acceptors (Lipinski definition) is 5. The van der Waals surface area contributed by atoms with Gasteiger partial charge in [0.25, 0.3) is 11.7 Å². The minimum absolute atomic E-state index is 0.00986. The van der Waals surface area contributed by atoms with E-state index in [1.54, 1.807) is 30.3 Å². The molecule has 2 aromatic carbocycles. The number of ether oxygens (including phenoxy) is 1. The van der Waals surface area contributed by atoms with Gasteiger partial charge in [-0.2, -0.15) is 0 Å².